The van der Waals surface area contributed by atoms with Gasteiger partial charge < -0.3 is 10.2 Å². The Morgan fingerprint density at radius 3 is 2.42 bits per heavy atom. The van der Waals surface area contributed by atoms with E-state index in [1.54, 1.807) is 42.5 Å². The van der Waals surface area contributed by atoms with Gasteiger partial charge in [-0.15, -0.1) is 0 Å². The van der Waals surface area contributed by atoms with E-state index in [9.17, 15) is 13.2 Å². The van der Waals surface area contributed by atoms with Gasteiger partial charge in [0.15, 0.2) is 0 Å². The fourth-order valence-corrected chi connectivity index (χ4v) is 5.23. The molecule has 6 nitrogen and oxygen atoms in total. The highest BCUT2D eigenvalue weighted by Crippen LogP contribution is 2.34. The van der Waals surface area contributed by atoms with Crippen LogP contribution in [0, 0.1) is 5.92 Å². The van der Waals surface area contributed by atoms with Crippen molar-refractivity contribution in [1.82, 2.24) is 10.2 Å². The molecule has 1 aliphatic heterocycles. The monoisotopic (exact) mass is 511 g/mol. The molecule has 0 aliphatic carbocycles. The number of piperidine rings is 1. The summed E-state index contributed by atoms with van der Waals surface area (Å²) in [7, 11) is -3.60. The van der Waals surface area contributed by atoms with Crippen LogP contribution in [0.15, 0.2) is 42.5 Å². The zero-order valence-corrected chi connectivity index (χ0v) is 21.4. The lowest BCUT2D eigenvalue weighted by molar-refractivity contribution is 0.0950. The van der Waals surface area contributed by atoms with E-state index in [0.29, 0.717) is 17.8 Å². The second kappa shape index (κ2) is 11.6. The van der Waals surface area contributed by atoms with Crippen molar-refractivity contribution in [3.8, 4) is 0 Å². The molecule has 1 fully saturated rings. The molecule has 1 aliphatic rings. The summed E-state index contributed by atoms with van der Waals surface area (Å²) in [5, 5.41) is 3.43. The van der Waals surface area contributed by atoms with Crippen molar-refractivity contribution in [1.29, 1.82) is 0 Å². The van der Waals surface area contributed by atoms with E-state index in [1.165, 1.54) is 17.1 Å². The van der Waals surface area contributed by atoms with E-state index in [-0.39, 0.29) is 22.5 Å². The predicted octanol–water partition coefficient (Wildman–Crippen LogP) is 4.81. The molecule has 0 spiro atoms. The molecule has 1 N–H and O–H groups in total. The first-order valence-electron chi connectivity index (χ1n) is 11.2. The van der Waals surface area contributed by atoms with Gasteiger partial charge in [0.1, 0.15) is 0 Å². The van der Waals surface area contributed by atoms with Crippen LogP contribution in [-0.4, -0.2) is 51.7 Å². The molecule has 2 aromatic carbocycles. The summed E-state index contributed by atoms with van der Waals surface area (Å²) < 4.78 is 26.0. The van der Waals surface area contributed by atoms with Gasteiger partial charge in [0.05, 0.1) is 28.5 Å². The molecule has 1 amide bonds. The average Bonchev–Trinajstić information content (AvgIpc) is 2.78. The van der Waals surface area contributed by atoms with Crippen molar-refractivity contribution in [3.63, 3.8) is 0 Å². The third-order valence-corrected chi connectivity index (χ3v) is 7.89. The highest BCUT2D eigenvalue weighted by Gasteiger charge is 2.22. The molecular formula is C24H31Cl2N3O3S. The molecule has 1 heterocycles. The molecule has 0 saturated carbocycles. The summed E-state index contributed by atoms with van der Waals surface area (Å²) >= 11 is 12.3. The standard InChI is InChI=1S/C24H31Cl2N3O3S/c1-18-11-15-28(16-12-18)14-4-13-27-24(30)20-9-7-19(8-10-20)17-29(33(2,31)32)22-6-3-5-21(25)23(22)26/h3,5-10,18H,4,11-17H2,1-2H3,(H,27,30). The number of amides is 1. The Morgan fingerprint density at radius 2 is 1.79 bits per heavy atom. The summed E-state index contributed by atoms with van der Waals surface area (Å²) in [6.45, 7) is 6.28. The Balaban J connectivity index is 1.56. The van der Waals surface area contributed by atoms with E-state index >= 15 is 0 Å². The van der Waals surface area contributed by atoms with Crippen molar-refractivity contribution in [3.05, 3.63) is 63.6 Å². The summed E-state index contributed by atoms with van der Waals surface area (Å²) in [6, 6.07) is 11.8. The van der Waals surface area contributed by atoms with Gasteiger partial charge in [0, 0.05) is 12.1 Å². The molecule has 3 rings (SSSR count). The molecule has 180 valence electrons. The molecule has 0 aromatic heterocycles. The molecule has 0 radical (unpaired) electrons. The number of likely N-dealkylation sites (tertiary alicyclic amines) is 1. The summed E-state index contributed by atoms with van der Waals surface area (Å²) in [6.07, 6.45) is 4.54. The van der Waals surface area contributed by atoms with Gasteiger partial charge in [0.2, 0.25) is 10.0 Å². The number of anilines is 1. The number of nitrogens with zero attached hydrogens (tertiary/aromatic N) is 2. The summed E-state index contributed by atoms with van der Waals surface area (Å²) in [5.41, 5.74) is 1.58. The molecule has 9 heteroatoms. The molecule has 1 saturated heterocycles. The van der Waals surface area contributed by atoms with Crippen molar-refractivity contribution >= 4 is 44.8 Å². The molecular weight excluding hydrogens is 481 g/mol. The maximum atomic E-state index is 12.5. The van der Waals surface area contributed by atoms with Gasteiger partial charge in [-0.05, 0) is 74.6 Å². The second-order valence-corrected chi connectivity index (χ2v) is 11.4. The van der Waals surface area contributed by atoms with Crippen LogP contribution in [0.3, 0.4) is 0 Å². The SMILES string of the molecule is CC1CCN(CCCNC(=O)c2ccc(CN(c3cccc(Cl)c3Cl)S(C)(=O)=O)cc2)CC1. The van der Waals surface area contributed by atoms with Gasteiger partial charge in [-0.25, -0.2) is 8.42 Å². The normalized spacial score (nSPS) is 15.4. The first-order chi connectivity index (χ1) is 15.6. The number of hydrogen-bond acceptors (Lipinski definition) is 4. The molecule has 0 bridgehead atoms. The molecule has 0 unspecified atom stereocenters. The first-order valence-corrected chi connectivity index (χ1v) is 13.8. The molecule has 2 aromatic rings. The number of nitrogens with one attached hydrogen (secondary N) is 1. The predicted molar refractivity (Wildman–Crippen MR) is 136 cm³/mol. The van der Waals surface area contributed by atoms with Gasteiger partial charge in [0.25, 0.3) is 5.91 Å². The van der Waals surface area contributed by atoms with Crippen LogP contribution >= 0.6 is 23.2 Å². The van der Waals surface area contributed by atoms with Crippen LogP contribution in [0.1, 0.15) is 42.1 Å². The first kappa shape index (κ1) is 25.8. The minimum absolute atomic E-state index is 0.0786. The van der Waals surface area contributed by atoms with Gasteiger partial charge in [-0.2, -0.15) is 0 Å². The van der Waals surface area contributed by atoms with E-state index in [0.717, 1.165) is 43.8 Å². The molecule has 33 heavy (non-hydrogen) atoms. The Morgan fingerprint density at radius 1 is 1.12 bits per heavy atom. The van der Waals surface area contributed by atoms with E-state index < -0.39 is 10.0 Å². The second-order valence-electron chi connectivity index (χ2n) is 8.67. The van der Waals surface area contributed by atoms with Crippen LogP contribution in [0.25, 0.3) is 0 Å². The number of carbonyl (C=O) groups excluding carboxylic acids is 1. The van der Waals surface area contributed by atoms with Crippen molar-refractivity contribution in [2.45, 2.75) is 32.7 Å². The topological polar surface area (TPSA) is 69.7 Å². The number of carbonyl (C=O) groups is 1. The average molecular weight is 513 g/mol. The lowest BCUT2D eigenvalue weighted by Crippen LogP contribution is -2.35. The van der Waals surface area contributed by atoms with Crippen molar-refractivity contribution in [2.24, 2.45) is 5.92 Å². The van der Waals surface area contributed by atoms with E-state index in [4.69, 9.17) is 23.2 Å². The Hall–Kier alpha value is -1.80. The fraction of sp³-hybridized carbons (Fsp3) is 0.458. The van der Waals surface area contributed by atoms with E-state index in [2.05, 4.69) is 17.1 Å². The Labute approximate surface area is 206 Å². The summed E-state index contributed by atoms with van der Waals surface area (Å²) in [5.74, 6) is 0.683. The smallest absolute Gasteiger partial charge is 0.251 e. The summed E-state index contributed by atoms with van der Waals surface area (Å²) in [4.78, 5) is 14.9. The maximum absolute atomic E-state index is 12.5. The number of hydrogen-bond donors (Lipinski definition) is 1. The van der Waals surface area contributed by atoms with Crippen LogP contribution in [0.4, 0.5) is 5.69 Å². The van der Waals surface area contributed by atoms with Crippen LogP contribution < -0.4 is 9.62 Å². The Bertz CT molecular complexity index is 1050. The van der Waals surface area contributed by atoms with Crippen molar-refractivity contribution < 1.29 is 13.2 Å². The fourth-order valence-electron chi connectivity index (χ4n) is 3.89. The highest BCUT2D eigenvalue weighted by atomic mass is 35.5. The van der Waals surface area contributed by atoms with Crippen molar-refractivity contribution in [2.75, 3.05) is 36.7 Å². The zero-order valence-electron chi connectivity index (χ0n) is 19.1. The van der Waals surface area contributed by atoms with Crippen LogP contribution in [0.5, 0.6) is 0 Å². The quantitative estimate of drug-likeness (QED) is 0.490. The lowest BCUT2D eigenvalue weighted by Gasteiger charge is -2.30. The van der Waals surface area contributed by atoms with Gasteiger partial charge in [-0.3, -0.25) is 9.10 Å². The van der Waals surface area contributed by atoms with E-state index in [1.807, 2.05) is 0 Å². The van der Waals surface area contributed by atoms with Crippen LogP contribution in [-0.2, 0) is 16.6 Å². The Kier molecular flexibility index (Phi) is 9.04. The number of sulfonamides is 1. The minimum Gasteiger partial charge on any atom is -0.352 e. The number of rotatable bonds is 9. The third kappa shape index (κ3) is 7.34. The largest absolute Gasteiger partial charge is 0.352 e. The third-order valence-electron chi connectivity index (χ3n) is 5.96. The van der Waals surface area contributed by atoms with Gasteiger partial charge >= 0.3 is 0 Å². The minimum atomic E-state index is -3.60. The highest BCUT2D eigenvalue weighted by molar-refractivity contribution is 7.92. The number of halogens is 2. The number of benzene rings is 2. The van der Waals surface area contributed by atoms with Crippen LogP contribution in [0.2, 0.25) is 10.0 Å². The molecule has 0 atom stereocenters. The van der Waals surface area contributed by atoms with Gasteiger partial charge in [-0.1, -0.05) is 48.3 Å². The zero-order chi connectivity index (χ0) is 24.0. The maximum Gasteiger partial charge on any atom is 0.251 e. The lowest BCUT2D eigenvalue weighted by atomic mass is 9.99.